The van der Waals surface area contributed by atoms with Gasteiger partial charge in [0.2, 0.25) is 0 Å². The molecule has 4 heteroatoms. The van der Waals surface area contributed by atoms with Gasteiger partial charge in [-0.3, -0.25) is 4.55 Å². The quantitative estimate of drug-likeness (QED) is 0.550. The molecule has 1 aromatic rings. The van der Waals surface area contributed by atoms with Gasteiger partial charge in [-0.1, -0.05) is 50.1 Å². The molecule has 0 unspecified atom stereocenters. The lowest BCUT2D eigenvalue weighted by Crippen LogP contribution is -1.95. The van der Waals surface area contributed by atoms with Crippen LogP contribution in [0.4, 0.5) is 0 Å². The molecule has 0 saturated heterocycles. The molecule has 0 fully saturated rings. The van der Waals surface area contributed by atoms with E-state index in [0.29, 0.717) is 6.42 Å². The van der Waals surface area contributed by atoms with Crippen LogP contribution in [-0.2, 0) is 23.0 Å². The first-order valence-corrected chi connectivity index (χ1v) is 8.74. The van der Waals surface area contributed by atoms with Crippen molar-refractivity contribution in [1.29, 1.82) is 0 Å². The van der Waals surface area contributed by atoms with Crippen molar-refractivity contribution in [1.82, 2.24) is 0 Å². The molecule has 0 atom stereocenters. The Balaban J connectivity index is 2.45. The Morgan fingerprint density at radius 2 is 1.65 bits per heavy atom. The second-order valence-corrected chi connectivity index (χ2v) is 6.31. The molecule has 0 aliphatic heterocycles. The van der Waals surface area contributed by atoms with E-state index in [1.165, 1.54) is 36.5 Å². The largest absolute Gasteiger partial charge is 0.287 e. The highest BCUT2D eigenvalue weighted by atomic mass is 32.2. The molecule has 0 bridgehead atoms. The second kappa shape index (κ2) is 8.93. The zero-order valence-electron chi connectivity index (χ0n) is 12.1. The molecule has 0 radical (unpaired) electrons. The summed E-state index contributed by atoms with van der Waals surface area (Å²) in [7, 11) is -3.97. The van der Waals surface area contributed by atoms with Crippen LogP contribution in [0.1, 0.15) is 50.2 Å². The third kappa shape index (κ3) is 7.46. The molecule has 0 aliphatic rings. The summed E-state index contributed by atoms with van der Waals surface area (Å²) in [6.45, 7) is 2.20. The number of hydrogen-bond donors (Lipinski definition) is 1. The van der Waals surface area contributed by atoms with Crippen LogP contribution in [-0.4, -0.2) is 13.0 Å². The summed E-state index contributed by atoms with van der Waals surface area (Å²) >= 11 is 0. The van der Waals surface area contributed by atoms with Gasteiger partial charge in [-0.2, -0.15) is 8.42 Å². The first-order valence-electron chi connectivity index (χ1n) is 7.23. The summed E-state index contributed by atoms with van der Waals surface area (Å²) in [6.07, 6.45) is 8.81. The molecule has 1 aromatic carbocycles. The Morgan fingerprint density at radius 3 is 2.20 bits per heavy atom. The summed E-state index contributed by atoms with van der Waals surface area (Å²) in [4.78, 5) is 0. The van der Waals surface area contributed by atoms with Crippen LogP contribution in [0.25, 0.3) is 0 Å². The van der Waals surface area contributed by atoms with Gasteiger partial charge in [0.25, 0.3) is 10.1 Å². The highest BCUT2D eigenvalue weighted by Crippen LogP contribution is 2.15. The van der Waals surface area contributed by atoms with E-state index in [9.17, 15) is 8.42 Å². The molecule has 1 N–H and O–H groups in total. The van der Waals surface area contributed by atoms with Gasteiger partial charge >= 0.3 is 0 Å². The van der Waals surface area contributed by atoms with Crippen LogP contribution >= 0.6 is 0 Å². The van der Waals surface area contributed by atoms with Crippen molar-refractivity contribution in [2.45, 2.75) is 51.9 Å². The topological polar surface area (TPSA) is 54.4 Å². The third-order valence-electron chi connectivity index (χ3n) is 3.25. The molecule has 0 aliphatic carbocycles. The van der Waals surface area contributed by atoms with E-state index >= 15 is 0 Å². The van der Waals surface area contributed by atoms with Gasteiger partial charge in [0.15, 0.2) is 0 Å². The summed E-state index contributed by atoms with van der Waals surface area (Å²) in [5, 5.41) is 0.861. The molecule has 0 heterocycles. The summed E-state index contributed by atoms with van der Waals surface area (Å²) in [5.74, 6) is 0. The molecule has 3 nitrogen and oxygen atoms in total. The molecule has 1 rings (SSSR count). The maximum Gasteiger partial charge on any atom is 0.287 e. The van der Waals surface area contributed by atoms with Gasteiger partial charge in [-0.25, -0.2) is 0 Å². The number of hydrogen-bond acceptors (Lipinski definition) is 2. The lowest BCUT2D eigenvalue weighted by Gasteiger charge is -2.08. The Morgan fingerprint density at radius 1 is 1.05 bits per heavy atom. The van der Waals surface area contributed by atoms with Gasteiger partial charge in [0.1, 0.15) is 0 Å². The van der Waals surface area contributed by atoms with E-state index in [1.807, 2.05) is 6.07 Å². The van der Waals surface area contributed by atoms with Crippen molar-refractivity contribution >= 4 is 10.1 Å². The predicted molar refractivity (Wildman–Crippen MR) is 83.3 cm³/mol. The van der Waals surface area contributed by atoms with E-state index in [1.54, 1.807) is 0 Å². The van der Waals surface area contributed by atoms with E-state index in [-0.39, 0.29) is 0 Å². The molecule has 0 saturated carbocycles. The predicted octanol–water partition coefficient (Wildman–Crippen LogP) is 4.14. The Labute approximate surface area is 122 Å². The van der Waals surface area contributed by atoms with Crippen molar-refractivity contribution in [3.05, 3.63) is 46.9 Å². The highest BCUT2D eigenvalue weighted by molar-refractivity contribution is 7.88. The fourth-order valence-electron chi connectivity index (χ4n) is 2.21. The first-order chi connectivity index (χ1) is 9.53. The monoisotopic (exact) mass is 296 g/mol. The van der Waals surface area contributed by atoms with Gasteiger partial charge in [0, 0.05) is 0 Å². The standard InChI is InChI=1S/C16H24O3S/c1-2-3-5-10-15-12-7-8-13-16(15)11-6-4-9-14-20(17,18)19/h7-9,12-14H,2-6,10-11H2,1H3,(H,17,18,19). The average molecular weight is 296 g/mol. The van der Waals surface area contributed by atoms with E-state index in [4.69, 9.17) is 4.55 Å². The third-order valence-corrected chi connectivity index (χ3v) is 3.79. The average Bonchev–Trinajstić information content (AvgIpc) is 2.39. The minimum absolute atomic E-state index is 0.656. The summed E-state index contributed by atoms with van der Waals surface area (Å²) < 4.78 is 29.7. The number of unbranched alkanes of at least 4 members (excludes halogenated alkanes) is 3. The van der Waals surface area contributed by atoms with Crippen molar-refractivity contribution < 1.29 is 13.0 Å². The smallest absolute Gasteiger partial charge is 0.282 e. The molecule has 20 heavy (non-hydrogen) atoms. The second-order valence-electron chi connectivity index (χ2n) is 5.00. The highest BCUT2D eigenvalue weighted by Gasteiger charge is 2.01. The number of aryl methyl sites for hydroxylation is 2. The molecule has 112 valence electrons. The first kappa shape index (κ1) is 16.9. The van der Waals surface area contributed by atoms with Crippen LogP contribution in [0.15, 0.2) is 35.7 Å². The minimum atomic E-state index is -3.97. The SMILES string of the molecule is CCCCCc1ccccc1CCCC=CS(=O)(=O)O. The molecular formula is C16H24O3S. The van der Waals surface area contributed by atoms with Crippen molar-refractivity contribution in [3.63, 3.8) is 0 Å². The van der Waals surface area contributed by atoms with Gasteiger partial charge in [-0.15, -0.1) is 0 Å². The number of rotatable bonds is 9. The fourth-order valence-corrected chi connectivity index (χ4v) is 2.59. The zero-order valence-corrected chi connectivity index (χ0v) is 12.9. The number of benzene rings is 1. The minimum Gasteiger partial charge on any atom is -0.282 e. The van der Waals surface area contributed by atoms with Crippen LogP contribution < -0.4 is 0 Å². The molecule has 0 spiro atoms. The Kier molecular flexibility index (Phi) is 7.55. The van der Waals surface area contributed by atoms with Crippen LogP contribution in [0.3, 0.4) is 0 Å². The lowest BCUT2D eigenvalue weighted by molar-refractivity contribution is 0.494. The van der Waals surface area contributed by atoms with Crippen LogP contribution in [0.5, 0.6) is 0 Å². The van der Waals surface area contributed by atoms with E-state index in [2.05, 4.69) is 25.1 Å². The van der Waals surface area contributed by atoms with Crippen molar-refractivity contribution in [2.24, 2.45) is 0 Å². The zero-order chi connectivity index (χ0) is 14.8. The van der Waals surface area contributed by atoms with Crippen molar-refractivity contribution in [3.8, 4) is 0 Å². The fraction of sp³-hybridized carbons (Fsp3) is 0.500. The Hall–Kier alpha value is -1.13. The summed E-state index contributed by atoms with van der Waals surface area (Å²) in [5.41, 5.74) is 2.75. The van der Waals surface area contributed by atoms with E-state index < -0.39 is 10.1 Å². The van der Waals surface area contributed by atoms with E-state index in [0.717, 1.165) is 24.7 Å². The van der Waals surface area contributed by atoms with Crippen LogP contribution in [0, 0.1) is 0 Å². The molecular weight excluding hydrogens is 272 g/mol. The van der Waals surface area contributed by atoms with Gasteiger partial charge in [0.05, 0.1) is 5.41 Å². The van der Waals surface area contributed by atoms with Gasteiger partial charge in [-0.05, 0) is 43.2 Å². The normalized spacial score (nSPS) is 12.1. The summed E-state index contributed by atoms with van der Waals surface area (Å²) in [6, 6.07) is 8.45. The molecule has 0 amide bonds. The van der Waals surface area contributed by atoms with Crippen LogP contribution in [0.2, 0.25) is 0 Å². The number of allylic oxidation sites excluding steroid dienone is 1. The maximum atomic E-state index is 10.5. The maximum absolute atomic E-state index is 10.5. The lowest BCUT2D eigenvalue weighted by atomic mass is 9.97. The van der Waals surface area contributed by atoms with Gasteiger partial charge < -0.3 is 0 Å². The molecule has 0 aromatic heterocycles. The van der Waals surface area contributed by atoms with Crippen molar-refractivity contribution in [2.75, 3.05) is 0 Å². The Bertz CT molecular complexity index is 518.